The number of benzene rings is 2. The third kappa shape index (κ3) is 4.43. The molecule has 0 spiro atoms. The Balaban J connectivity index is 1.94. The number of hydrogen-bond donors (Lipinski definition) is 2. The summed E-state index contributed by atoms with van der Waals surface area (Å²) in [6.45, 7) is 1.93. The minimum Gasteiger partial charge on any atom is -0.394 e. The highest BCUT2D eigenvalue weighted by molar-refractivity contribution is 5.77. The number of carbonyl (C=O) groups is 1. The normalized spacial score (nSPS) is 13.4. The van der Waals surface area contributed by atoms with Crippen molar-refractivity contribution in [3.63, 3.8) is 0 Å². The van der Waals surface area contributed by atoms with Gasteiger partial charge in [0.2, 0.25) is 5.91 Å². The van der Waals surface area contributed by atoms with Crippen LogP contribution in [-0.4, -0.2) is 17.6 Å². The van der Waals surface area contributed by atoms with Crippen molar-refractivity contribution in [2.24, 2.45) is 0 Å². The predicted octanol–water partition coefficient (Wildman–Crippen LogP) is 3.03. The second-order valence-corrected chi connectivity index (χ2v) is 5.23. The molecular formula is C18H21NO2. The lowest BCUT2D eigenvalue weighted by molar-refractivity contribution is -0.122. The maximum Gasteiger partial charge on any atom is 0.221 e. The van der Waals surface area contributed by atoms with Crippen LogP contribution in [0.1, 0.15) is 36.4 Å². The van der Waals surface area contributed by atoms with E-state index in [1.54, 1.807) is 0 Å². The zero-order valence-electron chi connectivity index (χ0n) is 12.2. The fourth-order valence-electron chi connectivity index (χ4n) is 2.35. The summed E-state index contributed by atoms with van der Waals surface area (Å²) in [7, 11) is 0. The van der Waals surface area contributed by atoms with Gasteiger partial charge in [0.15, 0.2) is 0 Å². The number of nitrogens with one attached hydrogen (secondary N) is 1. The Labute approximate surface area is 125 Å². The molecule has 0 aliphatic rings. The zero-order chi connectivity index (χ0) is 15.1. The van der Waals surface area contributed by atoms with Gasteiger partial charge in [0.25, 0.3) is 0 Å². The van der Waals surface area contributed by atoms with Crippen molar-refractivity contribution in [2.45, 2.75) is 25.3 Å². The standard InChI is InChI=1S/C18H21NO2/c1-14(15-8-4-2-5-9-15)12-18(21)19-17(13-20)16-10-6-3-7-11-16/h2-11,14,17,20H,12-13H2,1H3,(H,19,21). The van der Waals surface area contributed by atoms with E-state index in [0.29, 0.717) is 6.42 Å². The largest absolute Gasteiger partial charge is 0.394 e. The van der Waals surface area contributed by atoms with E-state index in [4.69, 9.17) is 0 Å². The minimum absolute atomic E-state index is 0.0470. The van der Waals surface area contributed by atoms with Crippen molar-refractivity contribution in [2.75, 3.05) is 6.61 Å². The molecule has 0 heterocycles. The third-order valence-electron chi connectivity index (χ3n) is 3.58. The SMILES string of the molecule is CC(CC(=O)NC(CO)c1ccccc1)c1ccccc1. The van der Waals surface area contributed by atoms with E-state index in [9.17, 15) is 9.90 Å². The predicted molar refractivity (Wildman–Crippen MR) is 83.9 cm³/mol. The first-order chi connectivity index (χ1) is 10.2. The van der Waals surface area contributed by atoms with E-state index in [1.165, 1.54) is 0 Å². The Bertz CT molecular complexity index is 554. The molecule has 3 heteroatoms. The molecule has 0 aromatic heterocycles. The monoisotopic (exact) mass is 283 g/mol. The summed E-state index contributed by atoms with van der Waals surface area (Å²) in [4.78, 5) is 12.1. The average molecular weight is 283 g/mol. The van der Waals surface area contributed by atoms with Gasteiger partial charge >= 0.3 is 0 Å². The maximum absolute atomic E-state index is 12.1. The number of hydrogen-bond acceptors (Lipinski definition) is 2. The Kier molecular flexibility index (Phi) is 5.52. The van der Waals surface area contributed by atoms with Gasteiger partial charge in [-0.3, -0.25) is 4.79 Å². The van der Waals surface area contributed by atoms with Crippen LogP contribution in [0.15, 0.2) is 60.7 Å². The molecule has 2 unspecified atom stereocenters. The Morgan fingerprint density at radius 3 is 2.05 bits per heavy atom. The molecule has 2 N–H and O–H groups in total. The molecule has 0 fully saturated rings. The summed E-state index contributed by atoms with van der Waals surface area (Å²) >= 11 is 0. The van der Waals surface area contributed by atoms with Crippen LogP contribution in [0.25, 0.3) is 0 Å². The van der Waals surface area contributed by atoms with Gasteiger partial charge in [-0.1, -0.05) is 67.6 Å². The fourth-order valence-corrected chi connectivity index (χ4v) is 2.35. The van der Waals surface area contributed by atoms with Gasteiger partial charge in [-0.2, -0.15) is 0 Å². The molecule has 110 valence electrons. The molecule has 2 aromatic carbocycles. The summed E-state index contributed by atoms with van der Waals surface area (Å²) in [6, 6.07) is 19.1. The Hall–Kier alpha value is -2.13. The van der Waals surface area contributed by atoms with Crippen LogP contribution in [0.4, 0.5) is 0 Å². The molecule has 21 heavy (non-hydrogen) atoms. The average Bonchev–Trinajstić information content (AvgIpc) is 2.54. The lowest BCUT2D eigenvalue weighted by Gasteiger charge is -2.18. The van der Waals surface area contributed by atoms with Crippen LogP contribution in [0.5, 0.6) is 0 Å². The highest BCUT2D eigenvalue weighted by Crippen LogP contribution is 2.19. The molecule has 0 aliphatic carbocycles. The molecule has 2 aromatic rings. The molecule has 0 aliphatic heterocycles. The lowest BCUT2D eigenvalue weighted by Crippen LogP contribution is -2.31. The van der Waals surface area contributed by atoms with Crippen LogP contribution in [0, 0.1) is 0 Å². The van der Waals surface area contributed by atoms with Crippen LogP contribution in [0.3, 0.4) is 0 Å². The first kappa shape index (κ1) is 15.3. The molecule has 2 rings (SSSR count). The van der Waals surface area contributed by atoms with Crippen molar-refractivity contribution in [1.82, 2.24) is 5.32 Å². The van der Waals surface area contributed by atoms with Crippen molar-refractivity contribution < 1.29 is 9.90 Å². The Morgan fingerprint density at radius 1 is 1.00 bits per heavy atom. The number of amides is 1. The second kappa shape index (κ2) is 7.60. The van der Waals surface area contributed by atoms with Crippen LogP contribution in [0.2, 0.25) is 0 Å². The van der Waals surface area contributed by atoms with E-state index in [0.717, 1.165) is 11.1 Å². The summed E-state index contributed by atoms with van der Waals surface area (Å²) in [5, 5.41) is 12.4. The highest BCUT2D eigenvalue weighted by atomic mass is 16.3. The van der Waals surface area contributed by atoms with Gasteiger partial charge < -0.3 is 10.4 Å². The molecular weight excluding hydrogens is 262 g/mol. The third-order valence-corrected chi connectivity index (χ3v) is 3.58. The fraction of sp³-hybridized carbons (Fsp3) is 0.278. The molecule has 2 atom stereocenters. The maximum atomic E-state index is 12.1. The van der Waals surface area contributed by atoms with Gasteiger partial charge in [0.05, 0.1) is 12.6 Å². The summed E-state index contributed by atoms with van der Waals surface area (Å²) in [5.74, 6) is 0.107. The van der Waals surface area contributed by atoms with Gasteiger partial charge in [-0.05, 0) is 17.0 Å². The smallest absolute Gasteiger partial charge is 0.221 e. The van der Waals surface area contributed by atoms with E-state index >= 15 is 0 Å². The van der Waals surface area contributed by atoms with Gasteiger partial charge in [-0.15, -0.1) is 0 Å². The van der Waals surface area contributed by atoms with E-state index in [2.05, 4.69) is 5.32 Å². The molecule has 3 nitrogen and oxygen atoms in total. The van der Waals surface area contributed by atoms with Crippen molar-refractivity contribution >= 4 is 5.91 Å². The number of aliphatic hydroxyl groups is 1. The molecule has 0 bridgehead atoms. The number of carbonyl (C=O) groups excluding carboxylic acids is 1. The summed E-state index contributed by atoms with van der Waals surface area (Å²) < 4.78 is 0. The molecule has 0 saturated carbocycles. The van der Waals surface area contributed by atoms with Crippen LogP contribution in [-0.2, 0) is 4.79 Å². The lowest BCUT2D eigenvalue weighted by atomic mass is 9.97. The van der Waals surface area contributed by atoms with Crippen molar-refractivity contribution in [1.29, 1.82) is 0 Å². The van der Waals surface area contributed by atoms with E-state index in [1.807, 2.05) is 67.6 Å². The van der Waals surface area contributed by atoms with Crippen molar-refractivity contribution in [3.05, 3.63) is 71.8 Å². The number of aliphatic hydroxyl groups excluding tert-OH is 1. The summed E-state index contributed by atoms with van der Waals surface area (Å²) in [5.41, 5.74) is 2.06. The highest BCUT2D eigenvalue weighted by Gasteiger charge is 2.16. The molecule has 1 amide bonds. The zero-order valence-corrected chi connectivity index (χ0v) is 12.2. The Morgan fingerprint density at radius 2 is 1.52 bits per heavy atom. The van der Waals surface area contributed by atoms with Crippen molar-refractivity contribution in [3.8, 4) is 0 Å². The van der Waals surface area contributed by atoms with Crippen LogP contribution >= 0.6 is 0 Å². The summed E-state index contributed by atoms with van der Waals surface area (Å²) in [6.07, 6.45) is 0.410. The first-order valence-electron chi connectivity index (χ1n) is 7.21. The second-order valence-electron chi connectivity index (χ2n) is 5.23. The van der Waals surface area contributed by atoms with E-state index < -0.39 is 0 Å². The topological polar surface area (TPSA) is 49.3 Å². The van der Waals surface area contributed by atoms with E-state index in [-0.39, 0.29) is 24.5 Å². The minimum atomic E-state index is -0.346. The van der Waals surface area contributed by atoms with Gasteiger partial charge in [0, 0.05) is 6.42 Å². The first-order valence-corrected chi connectivity index (χ1v) is 7.21. The number of rotatable bonds is 6. The molecule has 0 saturated heterocycles. The quantitative estimate of drug-likeness (QED) is 0.856. The van der Waals surface area contributed by atoms with Gasteiger partial charge in [0.1, 0.15) is 0 Å². The van der Waals surface area contributed by atoms with Gasteiger partial charge in [-0.25, -0.2) is 0 Å². The molecule has 0 radical (unpaired) electrons. The van der Waals surface area contributed by atoms with Crippen LogP contribution < -0.4 is 5.32 Å².